The number of nitrogens with one attached hydrogen (secondary N) is 1. The van der Waals surface area contributed by atoms with Gasteiger partial charge in [0.05, 0.1) is 16.7 Å². The number of anilines is 2. The van der Waals surface area contributed by atoms with Crippen LogP contribution < -0.4 is 5.32 Å². The van der Waals surface area contributed by atoms with Crippen LogP contribution in [0.2, 0.25) is 0 Å². The number of aryl methyl sites for hydroxylation is 1. The van der Waals surface area contributed by atoms with E-state index in [-0.39, 0.29) is 0 Å². The third-order valence-corrected chi connectivity index (χ3v) is 3.95. The Morgan fingerprint density at radius 3 is 2.41 bits per heavy atom. The number of fused-ring (bicyclic) bond motifs is 2. The number of hydrogen-bond donors (Lipinski definition) is 1. The van der Waals surface area contributed by atoms with E-state index in [1.165, 1.54) is 5.56 Å². The minimum Gasteiger partial charge on any atom is -0.355 e. The molecule has 0 saturated carbocycles. The molecule has 0 bridgehead atoms. The summed E-state index contributed by atoms with van der Waals surface area (Å²) in [4.78, 5) is 4.78. The highest BCUT2D eigenvalue weighted by Gasteiger charge is 2.07. The number of para-hydroxylation sites is 2. The smallest absolute Gasteiger partial charge is 0.0730 e. The summed E-state index contributed by atoms with van der Waals surface area (Å²) in [5, 5.41) is 5.86. The van der Waals surface area contributed by atoms with E-state index in [0.717, 1.165) is 33.2 Å². The van der Waals surface area contributed by atoms with Crippen LogP contribution in [-0.2, 0) is 0 Å². The van der Waals surface area contributed by atoms with E-state index in [4.69, 9.17) is 4.98 Å². The Bertz CT molecular complexity index is 959. The van der Waals surface area contributed by atoms with Crippen LogP contribution in [0.1, 0.15) is 5.56 Å². The maximum atomic E-state index is 4.78. The average Bonchev–Trinajstić information content (AvgIpc) is 2.57. The number of hydrogen-bond acceptors (Lipinski definition) is 2. The Hall–Kier alpha value is -2.87. The predicted octanol–water partition coefficient (Wildman–Crippen LogP) is 5.44. The number of rotatable bonds is 2. The van der Waals surface area contributed by atoms with Crippen LogP contribution in [0.25, 0.3) is 21.8 Å². The van der Waals surface area contributed by atoms with Crippen molar-refractivity contribution in [1.29, 1.82) is 0 Å². The second-order valence-corrected chi connectivity index (χ2v) is 5.50. The van der Waals surface area contributed by atoms with E-state index in [0.29, 0.717) is 0 Å². The molecule has 0 amide bonds. The largest absolute Gasteiger partial charge is 0.355 e. The summed E-state index contributed by atoms with van der Waals surface area (Å²) in [5.74, 6) is 0. The molecule has 0 aliphatic heterocycles. The van der Waals surface area contributed by atoms with Gasteiger partial charge >= 0.3 is 0 Å². The number of aromatic nitrogens is 1. The molecule has 1 aromatic heterocycles. The van der Waals surface area contributed by atoms with Crippen LogP contribution in [0, 0.1) is 6.92 Å². The molecule has 22 heavy (non-hydrogen) atoms. The van der Waals surface area contributed by atoms with Gasteiger partial charge in [0.1, 0.15) is 0 Å². The molecule has 0 unspecified atom stereocenters. The third kappa shape index (κ3) is 2.19. The van der Waals surface area contributed by atoms with Crippen molar-refractivity contribution in [2.24, 2.45) is 0 Å². The van der Waals surface area contributed by atoms with Gasteiger partial charge in [0, 0.05) is 16.5 Å². The lowest BCUT2D eigenvalue weighted by atomic mass is 10.1. The van der Waals surface area contributed by atoms with E-state index in [9.17, 15) is 0 Å². The molecule has 0 radical (unpaired) electrons. The van der Waals surface area contributed by atoms with Crippen LogP contribution in [0.3, 0.4) is 0 Å². The molecule has 0 atom stereocenters. The van der Waals surface area contributed by atoms with Gasteiger partial charge in [0.25, 0.3) is 0 Å². The highest BCUT2D eigenvalue weighted by molar-refractivity contribution is 6.01. The minimum absolute atomic E-state index is 1.02. The lowest BCUT2D eigenvalue weighted by Crippen LogP contribution is -1.95. The molecule has 4 aromatic rings. The van der Waals surface area contributed by atoms with E-state index in [2.05, 4.69) is 60.8 Å². The molecule has 4 rings (SSSR count). The van der Waals surface area contributed by atoms with Crippen molar-refractivity contribution in [2.75, 3.05) is 5.32 Å². The molecule has 2 heteroatoms. The molecule has 0 spiro atoms. The van der Waals surface area contributed by atoms with Gasteiger partial charge in [0.15, 0.2) is 0 Å². The minimum atomic E-state index is 1.02. The first-order chi connectivity index (χ1) is 10.8. The van der Waals surface area contributed by atoms with E-state index in [1.54, 1.807) is 0 Å². The zero-order chi connectivity index (χ0) is 14.9. The first kappa shape index (κ1) is 12.8. The number of pyridine rings is 1. The van der Waals surface area contributed by atoms with Gasteiger partial charge in [-0.25, -0.2) is 4.98 Å². The van der Waals surface area contributed by atoms with Crippen LogP contribution >= 0.6 is 0 Å². The lowest BCUT2D eigenvalue weighted by molar-refractivity contribution is 1.43. The van der Waals surface area contributed by atoms with Gasteiger partial charge in [-0.2, -0.15) is 0 Å². The predicted molar refractivity (Wildman–Crippen MR) is 93.7 cm³/mol. The molecule has 3 aromatic carbocycles. The van der Waals surface area contributed by atoms with Gasteiger partial charge in [0.2, 0.25) is 0 Å². The Balaban J connectivity index is 1.95. The van der Waals surface area contributed by atoms with Gasteiger partial charge in [-0.15, -0.1) is 0 Å². The van der Waals surface area contributed by atoms with Crippen LogP contribution in [0.5, 0.6) is 0 Å². The molecule has 0 aliphatic carbocycles. The van der Waals surface area contributed by atoms with Crippen molar-refractivity contribution in [1.82, 2.24) is 4.98 Å². The van der Waals surface area contributed by atoms with Crippen LogP contribution in [0.15, 0.2) is 72.8 Å². The fraction of sp³-hybridized carbons (Fsp3) is 0.0500. The van der Waals surface area contributed by atoms with Gasteiger partial charge < -0.3 is 5.32 Å². The summed E-state index contributed by atoms with van der Waals surface area (Å²) in [6.45, 7) is 2.12. The first-order valence-corrected chi connectivity index (χ1v) is 7.42. The summed E-state index contributed by atoms with van der Waals surface area (Å²) in [7, 11) is 0. The summed E-state index contributed by atoms with van der Waals surface area (Å²) in [5.41, 5.74) is 5.48. The molecule has 1 heterocycles. The number of benzene rings is 3. The Morgan fingerprint density at radius 2 is 1.55 bits per heavy atom. The standard InChI is InChI=1S/C20H16N2/c1-14-11-12-19-17(13-15-7-5-6-10-18(15)22-19)20(14)21-16-8-3-2-4-9-16/h2-13,21H,1H3. The summed E-state index contributed by atoms with van der Waals surface area (Å²) < 4.78 is 0. The SMILES string of the molecule is Cc1ccc2nc3ccccc3cc2c1Nc1ccccc1. The summed E-state index contributed by atoms with van der Waals surface area (Å²) in [6, 6.07) is 24.9. The lowest BCUT2D eigenvalue weighted by Gasteiger charge is -2.13. The van der Waals surface area contributed by atoms with E-state index >= 15 is 0 Å². The highest BCUT2D eigenvalue weighted by atomic mass is 14.9. The average molecular weight is 284 g/mol. The summed E-state index contributed by atoms with van der Waals surface area (Å²) >= 11 is 0. The third-order valence-electron chi connectivity index (χ3n) is 3.95. The van der Waals surface area contributed by atoms with Gasteiger partial charge in [-0.05, 0) is 42.8 Å². The second kappa shape index (κ2) is 5.15. The van der Waals surface area contributed by atoms with E-state index in [1.807, 2.05) is 24.3 Å². The zero-order valence-corrected chi connectivity index (χ0v) is 12.4. The van der Waals surface area contributed by atoms with Crippen molar-refractivity contribution in [3.8, 4) is 0 Å². The maximum Gasteiger partial charge on any atom is 0.0730 e. The zero-order valence-electron chi connectivity index (χ0n) is 12.4. The topological polar surface area (TPSA) is 24.9 Å². The van der Waals surface area contributed by atoms with Crippen LogP contribution in [0.4, 0.5) is 11.4 Å². The van der Waals surface area contributed by atoms with Crippen molar-refractivity contribution in [3.05, 3.63) is 78.4 Å². The fourth-order valence-electron chi connectivity index (χ4n) is 2.79. The molecule has 0 aliphatic rings. The van der Waals surface area contributed by atoms with Crippen molar-refractivity contribution < 1.29 is 0 Å². The van der Waals surface area contributed by atoms with Gasteiger partial charge in [-0.3, -0.25) is 0 Å². The van der Waals surface area contributed by atoms with E-state index < -0.39 is 0 Å². The quantitative estimate of drug-likeness (QED) is 0.496. The first-order valence-electron chi connectivity index (χ1n) is 7.42. The molecule has 1 N–H and O–H groups in total. The van der Waals surface area contributed by atoms with Crippen molar-refractivity contribution >= 4 is 33.2 Å². The number of nitrogens with zero attached hydrogens (tertiary/aromatic N) is 1. The Labute approximate surface area is 129 Å². The van der Waals surface area contributed by atoms with Crippen molar-refractivity contribution in [2.45, 2.75) is 6.92 Å². The highest BCUT2D eigenvalue weighted by Crippen LogP contribution is 2.31. The van der Waals surface area contributed by atoms with Crippen LogP contribution in [-0.4, -0.2) is 4.98 Å². The maximum absolute atomic E-state index is 4.78. The normalized spacial score (nSPS) is 11.0. The van der Waals surface area contributed by atoms with Gasteiger partial charge in [-0.1, -0.05) is 42.5 Å². The monoisotopic (exact) mass is 284 g/mol. The molecule has 0 fully saturated rings. The molecule has 0 saturated heterocycles. The fourth-order valence-corrected chi connectivity index (χ4v) is 2.79. The molecule has 2 nitrogen and oxygen atoms in total. The molecular weight excluding hydrogens is 268 g/mol. The molecule has 106 valence electrons. The molecular formula is C20H16N2. The summed E-state index contributed by atoms with van der Waals surface area (Å²) in [6.07, 6.45) is 0. The second-order valence-electron chi connectivity index (χ2n) is 5.50. The Kier molecular flexibility index (Phi) is 3.01. The van der Waals surface area contributed by atoms with Crippen molar-refractivity contribution in [3.63, 3.8) is 0 Å². The Morgan fingerprint density at radius 1 is 0.773 bits per heavy atom.